The lowest BCUT2D eigenvalue weighted by Gasteiger charge is -1.85. The first kappa shape index (κ1) is 7.25. The van der Waals surface area contributed by atoms with Crippen LogP contribution in [0.1, 0.15) is 0 Å². The van der Waals surface area contributed by atoms with Crippen molar-refractivity contribution >= 4 is 10.4 Å². The van der Waals surface area contributed by atoms with Gasteiger partial charge in [0.1, 0.15) is 12.5 Å². The van der Waals surface area contributed by atoms with Crippen LogP contribution >= 0.6 is 0 Å². The van der Waals surface area contributed by atoms with Gasteiger partial charge in [-0.15, -0.1) is 0 Å². The first-order valence-corrected chi connectivity index (χ1v) is 2.83. The van der Waals surface area contributed by atoms with Gasteiger partial charge in [-0.05, 0) is 0 Å². The van der Waals surface area contributed by atoms with Crippen LogP contribution in [0.5, 0.6) is 0 Å². The summed E-state index contributed by atoms with van der Waals surface area (Å²) in [6.45, 7) is 0. The zero-order chi connectivity index (χ0) is 6.62. The molecule has 0 aliphatic carbocycles. The van der Waals surface area contributed by atoms with E-state index in [4.69, 9.17) is 5.11 Å². The minimum atomic E-state index is -4.68. The molecule has 0 aromatic carbocycles. The summed E-state index contributed by atoms with van der Waals surface area (Å²) in [5.74, 6) is 0. The highest BCUT2D eigenvalue weighted by Gasteiger charge is 2.01. The van der Waals surface area contributed by atoms with Crippen molar-refractivity contribution in [1.29, 1.82) is 0 Å². The third kappa shape index (κ3) is 5.25. The van der Waals surface area contributed by atoms with Crippen LogP contribution in [-0.4, -0.2) is 13.5 Å². The summed E-state index contributed by atoms with van der Waals surface area (Å²) in [6.07, 6.45) is 0.664. The van der Waals surface area contributed by atoms with Gasteiger partial charge in [-0.25, -0.2) is 0 Å². The van der Waals surface area contributed by atoms with E-state index in [9.17, 15) is 13.0 Å². The SMILES string of the molecule is [O]S(=O)(=O)OC=CO. The quantitative estimate of drug-likeness (QED) is 0.532. The summed E-state index contributed by atoms with van der Waals surface area (Å²) in [6, 6.07) is 0. The second-order valence-corrected chi connectivity index (χ2v) is 1.80. The van der Waals surface area contributed by atoms with Crippen molar-refractivity contribution in [3.8, 4) is 0 Å². The summed E-state index contributed by atoms with van der Waals surface area (Å²) in [5, 5.41) is 7.72. The lowest BCUT2D eigenvalue weighted by Crippen LogP contribution is -1.94. The van der Waals surface area contributed by atoms with Gasteiger partial charge < -0.3 is 9.29 Å². The van der Waals surface area contributed by atoms with E-state index in [-0.39, 0.29) is 0 Å². The summed E-state index contributed by atoms with van der Waals surface area (Å²) in [7, 11) is -4.68. The van der Waals surface area contributed by atoms with Crippen LogP contribution in [0.25, 0.3) is 0 Å². The van der Waals surface area contributed by atoms with Gasteiger partial charge in [0.25, 0.3) is 0 Å². The highest BCUT2D eigenvalue weighted by Crippen LogP contribution is 1.85. The van der Waals surface area contributed by atoms with Crippen LogP contribution in [-0.2, 0) is 19.1 Å². The molecule has 0 aliphatic heterocycles. The Balaban J connectivity index is 3.76. The van der Waals surface area contributed by atoms with E-state index >= 15 is 0 Å². The molecular formula is C2H3O5S. The first-order chi connectivity index (χ1) is 3.56. The predicted molar refractivity (Wildman–Crippen MR) is 22.5 cm³/mol. The van der Waals surface area contributed by atoms with Crippen molar-refractivity contribution in [2.75, 3.05) is 0 Å². The molecule has 5 nitrogen and oxygen atoms in total. The summed E-state index contributed by atoms with van der Waals surface area (Å²) in [5.41, 5.74) is 0. The van der Waals surface area contributed by atoms with Crippen molar-refractivity contribution in [2.45, 2.75) is 0 Å². The lowest BCUT2D eigenvalue weighted by molar-refractivity contribution is 0.305. The number of aliphatic hydroxyl groups excluding tert-OH is 1. The minimum Gasteiger partial charge on any atom is -0.512 e. The maximum atomic E-state index is 9.45. The smallest absolute Gasteiger partial charge is 0.477 e. The molecule has 0 bridgehead atoms. The summed E-state index contributed by atoms with van der Waals surface area (Å²) in [4.78, 5) is 0. The fourth-order valence-electron chi connectivity index (χ4n) is 0.0929. The molecule has 0 saturated carbocycles. The summed E-state index contributed by atoms with van der Waals surface area (Å²) >= 11 is 0. The molecule has 1 N–H and O–H groups in total. The topological polar surface area (TPSA) is 83.5 Å². The fraction of sp³-hybridized carbons (Fsp3) is 0. The number of hydrogen-bond donors (Lipinski definition) is 1. The van der Waals surface area contributed by atoms with E-state index < -0.39 is 10.4 Å². The molecule has 0 unspecified atom stereocenters. The monoisotopic (exact) mass is 139 g/mol. The first-order valence-electron chi connectivity index (χ1n) is 1.49. The standard InChI is InChI=1S/C2H3O5S/c3-1-2-7-8(4,5)6/h1-3H. The average molecular weight is 139 g/mol. The molecule has 0 heterocycles. The van der Waals surface area contributed by atoms with Gasteiger partial charge in [-0.3, -0.25) is 0 Å². The third-order valence-electron chi connectivity index (χ3n) is 0.234. The molecule has 0 spiro atoms. The van der Waals surface area contributed by atoms with Crippen molar-refractivity contribution in [2.24, 2.45) is 0 Å². The molecule has 47 valence electrons. The van der Waals surface area contributed by atoms with Crippen molar-refractivity contribution < 1.29 is 22.3 Å². The van der Waals surface area contributed by atoms with Crippen molar-refractivity contribution in [3.63, 3.8) is 0 Å². The molecule has 0 rings (SSSR count). The molecule has 0 amide bonds. The van der Waals surface area contributed by atoms with E-state index in [1.165, 1.54) is 0 Å². The Morgan fingerprint density at radius 1 is 1.50 bits per heavy atom. The number of hydrogen-bond acceptors (Lipinski definition) is 4. The zero-order valence-electron chi connectivity index (χ0n) is 3.64. The van der Waals surface area contributed by atoms with Gasteiger partial charge in [0.15, 0.2) is 0 Å². The second kappa shape index (κ2) is 2.53. The highest BCUT2D eigenvalue weighted by atomic mass is 32.3. The molecular weight excluding hydrogens is 136 g/mol. The average Bonchev–Trinajstić information content (AvgIpc) is 1.59. The Hall–Kier alpha value is -0.750. The van der Waals surface area contributed by atoms with Gasteiger partial charge in [0.2, 0.25) is 0 Å². The van der Waals surface area contributed by atoms with Crippen LogP contribution < -0.4 is 0 Å². The van der Waals surface area contributed by atoms with Crippen LogP contribution in [0.4, 0.5) is 0 Å². The Labute approximate surface area is 46.2 Å². The van der Waals surface area contributed by atoms with E-state index in [1.54, 1.807) is 0 Å². The highest BCUT2D eigenvalue weighted by molar-refractivity contribution is 7.80. The minimum absolute atomic E-state index is 0.301. The van der Waals surface area contributed by atoms with E-state index in [2.05, 4.69) is 4.18 Å². The molecule has 8 heavy (non-hydrogen) atoms. The number of aliphatic hydroxyl groups is 1. The van der Waals surface area contributed by atoms with Crippen molar-refractivity contribution in [3.05, 3.63) is 12.5 Å². The molecule has 0 aliphatic rings. The Bertz CT molecular complexity index is 165. The van der Waals surface area contributed by atoms with Crippen molar-refractivity contribution in [1.82, 2.24) is 0 Å². The van der Waals surface area contributed by atoms with Crippen LogP contribution in [0.2, 0.25) is 0 Å². The van der Waals surface area contributed by atoms with Gasteiger partial charge >= 0.3 is 10.4 Å². The van der Waals surface area contributed by atoms with Gasteiger partial charge in [0.05, 0.1) is 0 Å². The van der Waals surface area contributed by atoms with E-state index in [0.717, 1.165) is 0 Å². The molecule has 0 atom stereocenters. The van der Waals surface area contributed by atoms with Gasteiger partial charge in [-0.2, -0.15) is 8.42 Å². The van der Waals surface area contributed by atoms with Crippen LogP contribution in [0.3, 0.4) is 0 Å². The van der Waals surface area contributed by atoms with Gasteiger partial charge in [-0.1, -0.05) is 4.55 Å². The molecule has 0 fully saturated rings. The Morgan fingerprint density at radius 2 is 2.00 bits per heavy atom. The molecule has 1 radical (unpaired) electrons. The maximum Gasteiger partial charge on any atom is 0.477 e. The van der Waals surface area contributed by atoms with E-state index in [0.29, 0.717) is 12.5 Å². The molecule has 0 aromatic rings. The fourth-order valence-corrected chi connectivity index (χ4v) is 0.279. The lowest BCUT2D eigenvalue weighted by atomic mass is 11.1. The van der Waals surface area contributed by atoms with Gasteiger partial charge in [0, 0.05) is 0 Å². The summed E-state index contributed by atoms with van der Waals surface area (Å²) < 4.78 is 31.7. The molecule has 0 aromatic heterocycles. The Morgan fingerprint density at radius 3 is 2.12 bits per heavy atom. The Kier molecular flexibility index (Phi) is 2.29. The van der Waals surface area contributed by atoms with Crippen LogP contribution in [0, 0.1) is 0 Å². The zero-order valence-corrected chi connectivity index (χ0v) is 4.46. The van der Waals surface area contributed by atoms with E-state index in [1.807, 2.05) is 0 Å². The molecule has 0 saturated heterocycles. The second-order valence-electron chi connectivity index (χ2n) is 0.790. The predicted octanol–water partition coefficient (Wildman–Crippen LogP) is -0.292. The molecule has 6 heteroatoms. The normalized spacial score (nSPS) is 12.1. The number of rotatable bonds is 2. The maximum absolute atomic E-state index is 9.45. The van der Waals surface area contributed by atoms with Crippen LogP contribution in [0.15, 0.2) is 12.5 Å². The third-order valence-corrected chi connectivity index (χ3v) is 0.581. The largest absolute Gasteiger partial charge is 0.512 e.